The number of rotatable bonds is 8. The number of nitrogens with zero attached hydrogens (tertiary/aromatic N) is 5. The Kier molecular flexibility index (Phi) is 7.22. The van der Waals surface area contributed by atoms with Gasteiger partial charge in [-0.1, -0.05) is 24.6 Å². The maximum absolute atomic E-state index is 12.9. The Hall–Kier alpha value is -2.70. The number of amides is 1. The highest BCUT2D eigenvalue weighted by atomic mass is 32.2. The summed E-state index contributed by atoms with van der Waals surface area (Å²) >= 11 is 1.20. The Morgan fingerprint density at radius 2 is 1.84 bits per heavy atom. The van der Waals surface area contributed by atoms with Gasteiger partial charge in [-0.3, -0.25) is 4.79 Å². The van der Waals surface area contributed by atoms with Crippen molar-refractivity contribution in [2.24, 2.45) is 0 Å². The van der Waals surface area contributed by atoms with Crippen LogP contribution in [-0.2, 0) is 21.4 Å². The quantitative estimate of drug-likeness (QED) is 0.492. The molecular weight excluding hydrogens is 452 g/mol. The van der Waals surface area contributed by atoms with Crippen molar-refractivity contribution in [3.8, 4) is 0 Å². The van der Waals surface area contributed by atoms with Crippen LogP contribution in [0.25, 0.3) is 0 Å². The van der Waals surface area contributed by atoms with Crippen molar-refractivity contribution >= 4 is 33.4 Å². The molecule has 3 heterocycles. The van der Waals surface area contributed by atoms with Gasteiger partial charge in [-0.15, -0.1) is 5.10 Å². The van der Waals surface area contributed by atoms with Crippen LogP contribution in [0.15, 0.2) is 57.1 Å². The number of thioether (sulfide) groups is 1. The van der Waals surface area contributed by atoms with Crippen molar-refractivity contribution < 1.29 is 17.6 Å². The fourth-order valence-corrected chi connectivity index (χ4v) is 5.61. The number of hydrogen-bond donors (Lipinski definition) is 1. The zero-order valence-corrected chi connectivity index (χ0v) is 19.0. The molecule has 0 spiro atoms. The lowest BCUT2D eigenvalue weighted by molar-refractivity contribution is -0.113. The first-order valence-corrected chi connectivity index (χ1v) is 12.8. The first-order chi connectivity index (χ1) is 15.5. The van der Waals surface area contributed by atoms with Gasteiger partial charge in [-0.2, -0.15) is 4.31 Å². The van der Waals surface area contributed by atoms with Crippen LogP contribution in [0.2, 0.25) is 0 Å². The van der Waals surface area contributed by atoms with Gasteiger partial charge in [0.2, 0.25) is 21.1 Å². The number of anilines is 1. The van der Waals surface area contributed by atoms with Crippen molar-refractivity contribution in [2.75, 3.05) is 24.2 Å². The lowest BCUT2D eigenvalue weighted by Gasteiger charge is -2.20. The second-order valence-electron chi connectivity index (χ2n) is 7.38. The zero-order valence-electron chi connectivity index (χ0n) is 17.4. The highest BCUT2D eigenvalue weighted by Crippen LogP contribution is 2.22. The molecular formula is C20H24N6O4S2. The zero-order chi connectivity index (χ0) is 22.4. The van der Waals surface area contributed by atoms with E-state index in [4.69, 9.17) is 4.42 Å². The monoisotopic (exact) mass is 476 g/mol. The van der Waals surface area contributed by atoms with E-state index < -0.39 is 10.0 Å². The van der Waals surface area contributed by atoms with Crippen LogP contribution in [0, 0.1) is 0 Å². The number of tetrazole rings is 1. The minimum atomic E-state index is -3.51. The Morgan fingerprint density at radius 1 is 1.09 bits per heavy atom. The van der Waals surface area contributed by atoms with Crippen LogP contribution < -0.4 is 5.32 Å². The molecule has 4 rings (SSSR count). The van der Waals surface area contributed by atoms with Gasteiger partial charge in [0, 0.05) is 18.8 Å². The molecule has 1 aliphatic rings. The molecule has 0 saturated carbocycles. The van der Waals surface area contributed by atoms with Crippen LogP contribution in [0.4, 0.5) is 5.69 Å². The van der Waals surface area contributed by atoms with E-state index in [-0.39, 0.29) is 16.6 Å². The molecule has 1 aromatic carbocycles. The normalized spacial score (nSPS) is 15.4. The number of aromatic nitrogens is 4. The molecule has 0 radical (unpaired) electrons. The molecule has 0 bridgehead atoms. The molecule has 2 aromatic heterocycles. The molecule has 1 fully saturated rings. The maximum Gasteiger partial charge on any atom is 0.243 e. The van der Waals surface area contributed by atoms with Gasteiger partial charge in [-0.25, -0.2) is 13.1 Å². The number of sulfonamides is 1. The molecule has 0 aliphatic carbocycles. The van der Waals surface area contributed by atoms with Crippen LogP contribution >= 0.6 is 11.8 Å². The molecule has 32 heavy (non-hydrogen) atoms. The van der Waals surface area contributed by atoms with Gasteiger partial charge < -0.3 is 9.73 Å². The molecule has 1 aliphatic heterocycles. The summed E-state index contributed by atoms with van der Waals surface area (Å²) < 4.78 is 34.1. The molecule has 1 amide bonds. The van der Waals surface area contributed by atoms with Crippen LogP contribution in [0.3, 0.4) is 0 Å². The molecule has 12 heteroatoms. The highest BCUT2D eigenvalue weighted by Gasteiger charge is 2.25. The van der Waals surface area contributed by atoms with E-state index in [0.29, 0.717) is 36.2 Å². The maximum atomic E-state index is 12.9. The van der Waals surface area contributed by atoms with E-state index in [2.05, 4.69) is 20.8 Å². The number of furan rings is 1. The molecule has 10 nitrogen and oxygen atoms in total. The van der Waals surface area contributed by atoms with E-state index in [9.17, 15) is 13.2 Å². The largest absolute Gasteiger partial charge is 0.467 e. The Balaban J connectivity index is 1.32. The second-order valence-corrected chi connectivity index (χ2v) is 10.3. The Bertz CT molecular complexity index is 1120. The third-order valence-corrected chi connectivity index (χ3v) is 7.93. The lowest BCUT2D eigenvalue weighted by Crippen LogP contribution is -2.31. The van der Waals surface area contributed by atoms with Crippen LogP contribution in [0.1, 0.15) is 31.4 Å². The average Bonchev–Trinajstić information content (AvgIpc) is 3.38. The topological polar surface area (TPSA) is 123 Å². The molecule has 0 atom stereocenters. The summed E-state index contributed by atoms with van der Waals surface area (Å²) in [6, 6.07) is 9.88. The molecule has 1 N–H and O–H groups in total. The fraction of sp³-hybridized carbons (Fsp3) is 0.400. The summed E-state index contributed by atoms with van der Waals surface area (Å²) in [6.07, 6.45) is 5.46. The molecule has 170 valence electrons. The summed E-state index contributed by atoms with van der Waals surface area (Å²) in [7, 11) is -3.51. The van der Waals surface area contributed by atoms with Crippen LogP contribution in [-0.4, -0.2) is 57.7 Å². The van der Waals surface area contributed by atoms with Gasteiger partial charge in [0.25, 0.3) is 0 Å². The highest BCUT2D eigenvalue weighted by molar-refractivity contribution is 7.99. The first-order valence-electron chi connectivity index (χ1n) is 10.3. The first kappa shape index (κ1) is 22.5. The van der Waals surface area contributed by atoms with E-state index in [1.54, 1.807) is 33.4 Å². The Morgan fingerprint density at radius 3 is 2.53 bits per heavy atom. The summed E-state index contributed by atoms with van der Waals surface area (Å²) in [5.74, 6) is 0.566. The van der Waals surface area contributed by atoms with Gasteiger partial charge >= 0.3 is 0 Å². The van der Waals surface area contributed by atoms with Crippen molar-refractivity contribution in [1.82, 2.24) is 24.5 Å². The van der Waals surface area contributed by atoms with E-state index >= 15 is 0 Å². The third kappa shape index (κ3) is 5.56. The summed E-state index contributed by atoms with van der Waals surface area (Å²) in [4.78, 5) is 12.6. The third-order valence-electron chi connectivity index (χ3n) is 5.06. The molecule has 3 aromatic rings. The number of nitrogens with one attached hydrogen (secondary N) is 1. The van der Waals surface area contributed by atoms with Gasteiger partial charge in [-0.05, 0) is 59.7 Å². The van der Waals surface area contributed by atoms with Crippen LogP contribution in [0.5, 0.6) is 0 Å². The molecule has 0 unspecified atom stereocenters. The molecule has 1 saturated heterocycles. The van der Waals surface area contributed by atoms with Crippen molar-refractivity contribution in [2.45, 2.75) is 42.3 Å². The van der Waals surface area contributed by atoms with E-state index in [1.807, 2.05) is 6.07 Å². The second kappa shape index (κ2) is 10.3. The van der Waals surface area contributed by atoms with Crippen molar-refractivity contribution in [3.63, 3.8) is 0 Å². The standard InChI is InChI=1S/C20H24N6O4S2/c27-19(15-31-20-22-23-24-26(20)14-17-6-5-13-30-17)21-16-7-9-18(10-8-16)32(28,29)25-11-3-1-2-4-12-25/h5-10,13H,1-4,11-12,14-15H2,(H,21,27). The number of carbonyl (C=O) groups is 1. The Labute approximate surface area is 190 Å². The van der Waals surface area contributed by atoms with Gasteiger partial charge in [0.1, 0.15) is 12.3 Å². The summed E-state index contributed by atoms with van der Waals surface area (Å²) in [6.45, 7) is 1.48. The average molecular weight is 477 g/mol. The minimum absolute atomic E-state index is 0.104. The van der Waals surface area contributed by atoms with Gasteiger partial charge in [0.15, 0.2) is 0 Å². The van der Waals surface area contributed by atoms with Gasteiger partial charge in [0.05, 0.1) is 16.9 Å². The van der Waals surface area contributed by atoms with Crippen molar-refractivity contribution in [3.05, 3.63) is 48.4 Å². The fourth-order valence-electron chi connectivity index (χ4n) is 3.42. The SMILES string of the molecule is O=C(CSc1nnnn1Cc1ccco1)Nc1ccc(S(=O)(=O)N2CCCCCC2)cc1. The smallest absolute Gasteiger partial charge is 0.243 e. The number of carbonyl (C=O) groups excluding carboxylic acids is 1. The summed E-state index contributed by atoms with van der Waals surface area (Å²) in [5.41, 5.74) is 0.528. The number of hydrogen-bond acceptors (Lipinski definition) is 8. The van der Waals surface area contributed by atoms with E-state index in [0.717, 1.165) is 25.7 Å². The minimum Gasteiger partial charge on any atom is -0.467 e. The lowest BCUT2D eigenvalue weighted by atomic mass is 10.2. The number of benzene rings is 1. The summed E-state index contributed by atoms with van der Waals surface area (Å²) in [5, 5.41) is 14.8. The predicted molar refractivity (Wildman–Crippen MR) is 119 cm³/mol. The van der Waals surface area contributed by atoms with E-state index in [1.165, 1.54) is 23.9 Å². The van der Waals surface area contributed by atoms with Crippen molar-refractivity contribution in [1.29, 1.82) is 0 Å². The predicted octanol–water partition coefficient (Wildman–Crippen LogP) is 2.61.